The lowest BCUT2D eigenvalue weighted by atomic mass is 9.81. The number of rotatable bonds is 5. The average molecular weight is 335 g/mol. The summed E-state index contributed by atoms with van der Waals surface area (Å²) in [5, 5.41) is 11.0. The first kappa shape index (κ1) is 17.5. The van der Waals surface area contributed by atoms with Gasteiger partial charge in [0.2, 0.25) is 0 Å². The molecule has 0 spiro atoms. The van der Waals surface area contributed by atoms with E-state index in [0.717, 1.165) is 42.7 Å². The lowest BCUT2D eigenvalue weighted by Gasteiger charge is -2.39. The summed E-state index contributed by atoms with van der Waals surface area (Å²) in [7, 11) is 1.70. The number of hydrazine groups is 1. The maximum Gasteiger partial charge on any atom is 0.122 e. The summed E-state index contributed by atoms with van der Waals surface area (Å²) < 4.78 is 5.56. The van der Waals surface area contributed by atoms with Gasteiger partial charge in [0, 0.05) is 6.54 Å². The van der Waals surface area contributed by atoms with Crippen LogP contribution in [0.3, 0.4) is 0 Å². The Morgan fingerprint density at radius 3 is 2.76 bits per heavy atom. The minimum atomic E-state index is 0.208. The van der Waals surface area contributed by atoms with Crippen LogP contribution in [0.25, 0.3) is 0 Å². The Morgan fingerprint density at radius 1 is 1.24 bits per heavy atom. The summed E-state index contributed by atoms with van der Waals surface area (Å²) in [5.41, 5.74) is 3.47. The normalized spacial score (nSPS) is 20.8. The second-order valence-electron chi connectivity index (χ2n) is 6.68. The fraction of sp³-hybridized carbons (Fsp3) is 0.381. The SMILES string of the molecule is COc1ccc(CC#N)cc1C[C@@H]1CCCN(N)[C@@H]1c1ccccc1. The number of methoxy groups -OCH3 is 1. The van der Waals surface area contributed by atoms with Crippen LogP contribution in [0.1, 0.15) is 35.6 Å². The molecule has 2 atom stereocenters. The molecule has 4 heteroatoms. The first-order valence-electron chi connectivity index (χ1n) is 8.82. The van der Waals surface area contributed by atoms with Gasteiger partial charge in [0.25, 0.3) is 0 Å². The van der Waals surface area contributed by atoms with Crippen molar-refractivity contribution in [2.45, 2.75) is 31.7 Å². The second-order valence-corrected chi connectivity index (χ2v) is 6.68. The number of benzene rings is 2. The highest BCUT2D eigenvalue weighted by Gasteiger charge is 2.31. The highest BCUT2D eigenvalue weighted by Crippen LogP contribution is 2.37. The first-order valence-corrected chi connectivity index (χ1v) is 8.82. The van der Waals surface area contributed by atoms with Gasteiger partial charge in [0.15, 0.2) is 0 Å². The standard InChI is InChI=1S/C21H25N3O/c1-25-20-10-9-16(11-12-22)14-19(20)15-18-8-5-13-24(23)21(18)17-6-3-2-4-7-17/h2-4,6-7,9-10,14,18,21H,5,8,11,13,15,23H2,1H3/t18-,21+/m0/s1. The third-order valence-electron chi connectivity index (χ3n) is 5.05. The molecular weight excluding hydrogens is 310 g/mol. The van der Waals surface area contributed by atoms with E-state index >= 15 is 0 Å². The van der Waals surface area contributed by atoms with Crippen LogP contribution in [0.2, 0.25) is 0 Å². The van der Waals surface area contributed by atoms with Crippen LogP contribution in [0.15, 0.2) is 48.5 Å². The van der Waals surface area contributed by atoms with E-state index in [4.69, 9.17) is 15.8 Å². The number of ether oxygens (including phenoxy) is 1. The van der Waals surface area contributed by atoms with Crippen molar-refractivity contribution in [2.75, 3.05) is 13.7 Å². The smallest absolute Gasteiger partial charge is 0.122 e. The number of hydrogen-bond donors (Lipinski definition) is 1. The Balaban J connectivity index is 1.89. The minimum absolute atomic E-state index is 0.208. The molecule has 1 saturated heterocycles. The number of piperidine rings is 1. The molecule has 0 aliphatic carbocycles. The van der Waals surface area contributed by atoms with Gasteiger partial charge in [-0.1, -0.05) is 42.5 Å². The molecule has 0 aromatic heterocycles. The van der Waals surface area contributed by atoms with Gasteiger partial charge in [-0.05, 0) is 47.9 Å². The van der Waals surface area contributed by atoms with Crippen molar-refractivity contribution in [3.63, 3.8) is 0 Å². The highest BCUT2D eigenvalue weighted by molar-refractivity contribution is 5.39. The van der Waals surface area contributed by atoms with Gasteiger partial charge in [0.05, 0.1) is 25.6 Å². The van der Waals surface area contributed by atoms with Crippen LogP contribution in [-0.4, -0.2) is 18.7 Å². The van der Waals surface area contributed by atoms with Crippen molar-refractivity contribution >= 4 is 0 Å². The van der Waals surface area contributed by atoms with E-state index in [1.54, 1.807) is 7.11 Å². The molecule has 0 radical (unpaired) electrons. The molecule has 0 bridgehead atoms. The molecule has 2 aromatic carbocycles. The van der Waals surface area contributed by atoms with Crippen molar-refractivity contribution in [1.29, 1.82) is 5.26 Å². The molecule has 1 fully saturated rings. The molecule has 0 saturated carbocycles. The fourth-order valence-electron chi connectivity index (χ4n) is 3.91. The molecule has 0 amide bonds. The molecule has 0 unspecified atom stereocenters. The quantitative estimate of drug-likeness (QED) is 0.848. The van der Waals surface area contributed by atoms with Gasteiger partial charge in [-0.3, -0.25) is 5.84 Å². The summed E-state index contributed by atoms with van der Waals surface area (Å²) in [4.78, 5) is 0. The number of nitriles is 1. The van der Waals surface area contributed by atoms with Gasteiger partial charge < -0.3 is 4.74 Å². The molecule has 1 aliphatic rings. The molecular formula is C21H25N3O. The van der Waals surface area contributed by atoms with Crippen LogP contribution >= 0.6 is 0 Å². The Bertz CT molecular complexity index is 739. The minimum Gasteiger partial charge on any atom is -0.496 e. The molecule has 130 valence electrons. The second kappa shape index (κ2) is 8.15. The molecule has 2 N–H and O–H groups in total. The zero-order valence-electron chi connectivity index (χ0n) is 14.7. The van der Waals surface area contributed by atoms with Gasteiger partial charge >= 0.3 is 0 Å². The summed E-state index contributed by atoms with van der Waals surface area (Å²) in [5.74, 6) is 7.68. The number of nitrogens with two attached hydrogens (primary N) is 1. The lowest BCUT2D eigenvalue weighted by Crippen LogP contribution is -2.44. The maximum absolute atomic E-state index is 8.98. The topological polar surface area (TPSA) is 62.3 Å². The van der Waals surface area contributed by atoms with Crippen LogP contribution in [-0.2, 0) is 12.8 Å². The average Bonchev–Trinajstić information content (AvgIpc) is 2.63. The van der Waals surface area contributed by atoms with Crippen LogP contribution in [0.4, 0.5) is 0 Å². The van der Waals surface area contributed by atoms with E-state index in [0.29, 0.717) is 12.3 Å². The van der Waals surface area contributed by atoms with E-state index in [2.05, 4.69) is 36.4 Å². The van der Waals surface area contributed by atoms with Gasteiger partial charge in [-0.25, -0.2) is 5.01 Å². The monoisotopic (exact) mass is 335 g/mol. The number of nitrogens with zero attached hydrogens (tertiary/aromatic N) is 2. The van der Waals surface area contributed by atoms with Crippen molar-refractivity contribution in [3.05, 3.63) is 65.2 Å². The van der Waals surface area contributed by atoms with Crippen molar-refractivity contribution in [1.82, 2.24) is 5.01 Å². The van der Waals surface area contributed by atoms with E-state index in [1.165, 1.54) is 5.56 Å². The Kier molecular flexibility index (Phi) is 5.70. The third-order valence-corrected chi connectivity index (χ3v) is 5.05. The summed E-state index contributed by atoms with van der Waals surface area (Å²) in [6.07, 6.45) is 3.56. The summed E-state index contributed by atoms with van der Waals surface area (Å²) >= 11 is 0. The number of hydrogen-bond acceptors (Lipinski definition) is 4. The van der Waals surface area contributed by atoms with Gasteiger partial charge in [0.1, 0.15) is 5.75 Å². The zero-order valence-corrected chi connectivity index (χ0v) is 14.7. The molecule has 25 heavy (non-hydrogen) atoms. The van der Waals surface area contributed by atoms with E-state index in [-0.39, 0.29) is 6.04 Å². The van der Waals surface area contributed by atoms with E-state index in [9.17, 15) is 0 Å². The predicted molar refractivity (Wildman–Crippen MR) is 98.8 cm³/mol. The van der Waals surface area contributed by atoms with Crippen molar-refractivity contribution in [2.24, 2.45) is 11.8 Å². The Labute approximate surface area is 149 Å². The summed E-state index contributed by atoms with van der Waals surface area (Å²) in [6, 6.07) is 19.0. The van der Waals surface area contributed by atoms with Crippen LogP contribution in [0.5, 0.6) is 5.75 Å². The maximum atomic E-state index is 8.98. The summed E-state index contributed by atoms with van der Waals surface area (Å²) in [6.45, 7) is 0.918. The van der Waals surface area contributed by atoms with E-state index < -0.39 is 0 Å². The van der Waals surface area contributed by atoms with Crippen molar-refractivity contribution in [3.8, 4) is 11.8 Å². The van der Waals surface area contributed by atoms with Crippen LogP contribution < -0.4 is 10.6 Å². The highest BCUT2D eigenvalue weighted by atomic mass is 16.5. The molecule has 1 aliphatic heterocycles. The molecule has 2 aromatic rings. The van der Waals surface area contributed by atoms with Crippen LogP contribution in [0, 0.1) is 17.2 Å². The predicted octanol–water partition coefficient (Wildman–Crippen LogP) is 3.63. The fourth-order valence-corrected chi connectivity index (χ4v) is 3.91. The molecule has 4 nitrogen and oxygen atoms in total. The molecule has 1 heterocycles. The largest absolute Gasteiger partial charge is 0.496 e. The zero-order chi connectivity index (χ0) is 17.6. The van der Waals surface area contributed by atoms with Gasteiger partial charge in [-0.2, -0.15) is 5.26 Å². The Morgan fingerprint density at radius 2 is 2.04 bits per heavy atom. The lowest BCUT2D eigenvalue weighted by molar-refractivity contribution is 0.0923. The Hall–Kier alpha value is -2.35. The first-order chi connectivity index (χ1) is 12.2. The third kappa shape index (κ3) is 4.01. The van der Waals surface area contributed by atoms with Crippen molar-refractivity contribution < 1.29 is 4.74 Å². The molecule has 3 rings (SSSR count). The van der Waals surface area contributed by atoms with E-state index in [1.807, 2.05) is 23.2 Å². The van der Waals surface area contributed by atoms with Gasteiger partial charge in [-0.15, -0.1) is 0 Å².